The summed E-state index contributed by atoms with van der Waals surface area (Å²) in [4.78, 5) is 38.3. The average molecular weight is 421 g/mol. The van der Waals surface area contributed by atoms with Crippen LogP contribution in [0, 0.1) is 0 Å². The lowest BCUT2D eigenvalue weighted by Crippen LogP contribution is -2.45. The largest absolute Gasteiger partial charge is 0.334 e. The quantitative estimate of drug-likeness (QED) is 0.667. The van der Waals surface area contributed by atoms with Crippen LogP contribution in [0.25, 0.3) is 0 Å². The van der Waals surface area contributed by atoms with Crippen molar-refractivity contribution in [1.29, 1.82) is 0 Å². The first kappa shape index (κ1) is 20.9. The van der Waals surface area contributed by atoms with Crippen LogP contribution in [-0.2, 0) is 28.7 Å². The van der Waals surface area contributed by atoms with Gasteiger partial charge in [0.2, 0.25) is 0 Å². The molecule has 2 aliphatic rings. The van der Waals surface area contributed by atoms with Crippen molar-refractivity contribution in [2.75, 3.05) is 13.1 Å². The predicted molar refractivity (Wildman–Crippen MR) is 117 cm³/mol. The summed E-state index contributed by atoms with van der Waals surface area (Å²) in [6, 6.07) is 15.2. The van der Waals surface area contributed by atoms with Crippen molar-refractivity contribution >= 4 is 18.0 Å². The molecule has 3 N–H and O–H groups in total. The molecule has 2 heterocycles. The van der Waals surface area contributed by atoms with E-state index in [4.69, 9.17) is 0 Å². The maximum atomic E-state index is 12.9. The molecule has 0 spiro atoms. The summed E-state index contributed by atoms with van der Waals surface area (Å²) in [7, 11) is 0. The molecule has 2 aromatic carbocycles. The highest BCUT2D eigenvalue weighted by Crippen LogP contribution is 2.31. The number of imide groups is 1. The molecular weight excluding hydrogens is 392 g/mol. The molecule has 0 aliphatic carbocycles. The van der Waals surface area contributed by atoms with Crippen LogP contribution in [0.5, 0.6) is 0 Å². The minimum absolute atomic E-state index is 0.0839. The third-order valence-electron chi connectivity index (χ3n) is 6.29. The van der Waals surface area contributed by atoms with E-state index in [9.17, 15) is 14.4 Å². The Morgan fingerprint density at radius 1 is 1.06 bits per heavy atom. The number of hydrogen-bond acceptors (Lipinski definition) is 3. The molecule has 2 aromatic rings. The average Bonchev–Trinajstić information content (AvgIpc) is 2.93. The van der Waals surface area contributed by atoms with Crippen molar-refractivity contribution < 1.29 is 14.4 Å². The molecule has 1 saturated heterocycles. The molecule has 0 aromatic heterocycles. The van der Waals surface area contributed by atoms with Crippen LogP contribution < -0.4 is 16.0 Å². The molecule has 162 valence electrons. The number of nitrogens with one attached hydrogen (secondary N) is 3. The van der Waals surface area contributed by atoms with Crippen molar-refractivity contribution in [3.63, 3.8) is 0 Å². The lowest BCUT2D eigenvalue weighted by molar-refractivity contribution is -0.123. The summed E-state index contributed by atoms with van der Waals surface area (Å²) in [5.41, 5.74) is 3.02. The number of urea groups is 2. The summed E-state index contributed by atoms with van der Waals surface area (Å²) in [5, 5.41) is 7.93. The van der Waals surface area contributed by atoms with Gasteiger partial charge in [0.15, 0.2) is 0 Å². The van der Waals surface area contributed by atoms with Gasteiger partial charge in [-0.3, -0.25) is 10.1 Å². The first-order valence-corrected chi connectivity index (χ1v) is 10.5. The zero-order valence-corrected chi connectivity index (χ0v) is 18.1. The molecule has 1 atom stereocenters. The van der Waals surface area contributed by atoms with Gasteiger partial charge in [-0.1, -0.05) is 62.4 Å². The molecule has 7 heteroatoms. The highest BCUT2D eigenvalue weighted by molar-refractivity contribution is 6.07. The van der Waals surface area contributed by atoms with Crippen molar-refractivity contribution in [2.24, 2.45) is 0 Å². The van der Waals surface area contributed by atoms with E-state index in [1.807, 2.05) is 17.0 Å². The smallest absolute Gasteiger partial charge is 0.322 e. The Morgan fingerprint density at radius 3 is 2.45 bits per heavy atom. The third-order valence-corrected chi connectivity index (χ3v) is 6.29. The fourth-order valence-corrected chi connectivity index (χ4v) is 4.46. The van der Waals surface area contributed by atoms with E-state index in [1.165, 1.54) is 11.1 Å². The van der Waals surface area contributed by atoms with Crippen molar-refractivity contribution in [3.8, 4) is 0 Å². The number of carbonyl (C=O) groups excluding carboxylic acids is 3. The number of carbonyl (C=O) groups is 3. The molecule has 4 rings (SSSR count). The summed E-state index contributed by atoms with van der Waals surface area (Å²) in [6.07, 6.45) is 0.841. The van der Waals surface area contributed by atoms with E-state index in [0.717, 1.165) is 12.0 Å². The van der Waals surface area contributed by atoms with Gasteiger partial charge >= 0.3 is 12.1 Å². The Kier molecular flexibility index (Phi) is 5.21. The van der Waals surface area contributed by atoms with Crippen LogP contribution >= 0.6 is 0 Å². The minimum atomic E-state index is -1.08. The first-order chi connectivity index (χ1) is 14.7. The second kappa shape index (κ2) is 7.72. The van der Waals surface area contributed by atoms with Crippen LogP contribution in [0.4, 0.5) is 9.59 Å². The van der Waals surface area contributed by atoms with E-state index in [0.29, 0.717) is 25.2 Å². The topological polar surface area (TPSA) is 90.5 Å². The Balaban J connectivity index is 1.39. The van der Waals surface area contributed by atoms with Gasteiger partial charge in [0.05, 0.1) is 0 Å². The molecule has 0 saturated carbocycles. The monoisotopic (exact) mass is 420 g/mol. The van der Waals surface area contributed by atoms with E-state index < -0.39 is 11.6 Å². The second-order valence-corrected chi connectivity index (χ2v) is 9.10. The van der Waals surface area contributed by atoms with E-state index in [2.05, 4.69) is 54.1 Å². The maximum Gasteiger partial charge on any atom is 0.322 e. The summed E-state index contributed by atoms with van der Waals surface area (Å²) >= 11 is 0. The summed E-state index contributed by atoms with van der Waals surface area (Å²) in [5.74, 6) is -0.372. The standard InChI is InChI=1S/C24H28N4O3/c1-23(2)15-28(13-12-17-6-4-5-7-19(17)23)22(31)25-14-16-8-10-18(11-9-16)24(3)20(29)26-21(30)27-24/h4-11H,12-15H2,1-3H3,(H,25,31)(H2,26,27,29,30). The van der Waals surface area contributed by atoms with E-state index in [1.54, 1.807) is 19.1 Å². The van der Waals surface area contributed by atoms with Crippen LogP contribution in [0.1, 0.15) is 43.0 Å². The fourth-order valence-electron chi connectivity index (χ4n) is 4.46. The summed E-state index contributed by atoms with van der Waals surface area (Å²) < 4.78 is 0. The Bertz CT molecular complexity index is 1030. The lowest BCUT2D eigenvalue weighted by atomic mass is 9.82. The van der Waals surface area contributed by atoms with Gasteiger partial charge in [0.25, 0.3) is 5.91 Å². The minimum Gasteiger partial charge on any atom is -0.334 e. The van der Waals surface area contributed by atoms with Crippen molar-refractivity contribution in [1.82, 2.24) is 20.9 Å². The molecule has 0 bridgehead atoms. The zero-order chi connectivity index (χ0) is 22.2. The second-order valence-electron chi connectivity index (χ2n) is 9.10. The molecular formula is C24H28N4O3. The van der Waals surface area contributed by atoms with E-state index >= 15 is 0 Å². The first-order valence-electron chi connectivity index (χ1n) is 10.5. The third kappa shape index (κ3) is 4.00. The predicted octanol–water partition coefficient (Wildman–Crippen LogP) is 2.79. The Labute approximate surface area is 182 Å². The molecule has 2 aliphatic heterocycles. The molecule has 1 unspecified atom stereocenters. The van der Waals surface area contributed by atoms with Crippen molar-refractivity contribution in [3.05, 3.63) is 70.8 Å². The van der Waals surface area contributed by atoms with Gasteiger partial charge in [-0.15, -0.1) is 0 Å². The number of fused-ring (bicyclic) bond motifs is 1. The van der Waals surface area contributed by atoms with Crippen LogP contribution in [0.15, 0.2) is 48.5 Å². The summed E-state index contributed by atoms with van der Waals surface area (Å²) in [6.45, 7) is 7.74. The Hall–Kier alpha value is -3.35. The highest BCUT2D eigenvalue weighted by Gasteiger charge is 2.43. The Morgan fingerprint density at radius 2 is 1.77 bits per heavy atom. The number of nitrogens with zero attached hydrogens (tertiary/aromatic N) is 1. The van der Waals surface area contributed by atoms with Crippen LogP contribution in [0.3, 0.4) is 0 Å². The van der Waals surface area contributed by atoms with Gasteiger partial charge in [-0.25, -0.2) is 9.59 Å². The van der Waals surface area contributed by atoms with Gasteiger partial charge in [0.1, 0.15) is 5.54 Å². The molecule has 1 fully saturated rings. The fraction of sp³-hybridized carbons (Fsp3) is 0.375. The van der Waals surface area contributed by atoms with E-state index in [-0.39, 0.29) is 17.4 Å². The zero-order valence-electron chi connectivity index (χ0n) is 18.1. The SMILES string of the molecule is CC1(C)CN(C(=O)NCc2ccc(C3(C)NC(=O)NC3=O)cc2)CCc2ccccc21. The van der Waals surface area contributed by atoms with Gasteiger partial charge in [0, 0.05) is 25.0 Å². The number of hydrogen-bond donors (Lipinski definition) is 3. The molecule has 0 radical (unpaired) electrons. The van der Waals surface area contributed by atoms with Crippen LogP contribution in [-0.4, -0.2) is 36.0 Å². The number of benzene rings is 2. The van der Waals surface area contributed by atoms with Gasteiger partial charge < -0.3 is 15.5 Å². The van der Waals surface area contributed by atoms with Gasteiger partial charge in [-0.2, -0.15) is 0 Å². The maximum absolute atomic E-state index is 12.9. The van der Waals surface area contributed by atoms with Gasteiger partial charge in [-0.05, 0) is 35.6 Å². The number of amides is 5. The lowest BCUT2D eigenvalue weighted by Gasteiger charge is -2.31. The van der Waals surface area contributed by atoms with Crippen molar-refractivity contribution in [2.45, 2.75) is 44.7 Å². The number of rotatable bonds is 3. The highest BCUT2D eigenvalue weighted by atomic mass is 16.2. The normalized spacial score (nSPS) is 22.2. The van der Waals surface area contributed by atoms with Crippen LogP contribution in [0.2, 0.25) is 0 Å². The molecule has 31 heavy (non-hydrogen) atoms. The molecule has 7 nitrogen and oxygen atoms in total. The molecule has 5 amide bonds.